The number of halogens is 4. The van der Waals surface area contributed by atoms with Gasteiger partial charge in [0.05, 0.1) is 22.3 Å². The normalized spacial score (nSPS) is 12.0. The molecule has 0 fully saturated rings. The molecule has 0 spiro atoms. The van der Waals surface area contributed by atoms with Gasteiger partial charge in [0.1, 0.15) is 0 Å². The van der Waals surface area contributed by atoms with E-state index in [1.807, 2.05) is 0 Å². The van der Waals surface area contributed by atoms with Crippen molar-refractivity contribution < 1.29 is 13.2 Å². The molecule has 21 heavy (non-hydrogen) atoms. The molecule has 2 aromatic carbocycles. The van der Waals surface area contributed by atoms with Crippen LogP contribution < -0.4 is 5.73 Å². The molecule has 0 radical (unpaired) electrons. The van der Waals surface area contributed by atoms with Crippen LogP contribution in [0.15, 0.2) is 46.9 Å². The number of imidazole rings is 1. The van der Waals surface area contributed by atoms with Gasteiger partial charge in [0.15, 0.2) is 0 Å². The summed E-state index contributed by atoms with van der Waals surface area (Å²) in [4.78, 5) is 4.12. The molecule has 3 aromatic rings. The number of para-hydroxylation sites is 1. The van der Waals surface area contributed by atoms with Crippen molar-refractivity contribution in [2.75, 3.05) is 5.73 Å². The fourth-order valence-corrected chi connectivity index (χ4v) is 2.58. The van der Waals surface area contributed by atoms with Gasteiger partial charge in [-0.15, -0.1) is 0 Å². The van der Waals surface area contributed by atoms with Gasteiger partial charge in [0, 0.05) is 4.47 Å². The van der Waals surface area contributed by atoms with Crippen LogP contribution in [0.2, 0.25) is 0 Å². The third-order valence-corrected chi connectivity index (χ3v) is 3.59. The topological polar surface area (TPSA) is 43.8 Å². The van der Waals surface area contributed by atoms with Crippen molar-refractivity contribution in [2.24, 2.45) is 0 Å². The Morgan fingerprint density at radius 2 is 1.81 bits per heavy atom. The number of hydrogen-bond donors (Lipinski definition) is 1. The number of hydrogen-bond acceptors (Lipinski definition) is 2. The van der Waals surface area contributed by atoms with E-state index in [0.29, 0.717) is 11.0 Å². The van der Waals surface area contributed by atoms with Crippen LogP contribution in [0.4, 0.5) is 19.1 Å². The van der Waals surface area contributed by atoms with E-state index in [9.17, 15) is 13.2 Å². The van der Waals surface area contributed by atoms with Gasteiger partial charge in [-0.3, -0.25) is 4.57 Å². The minimum atomic E-state index is -4.46. The summed E-state index contributed by atoms with van der Waals surface area (Å²) >= 11 is 3.30. The second-order valence-corrected chi connectivity index (χ2v) is 5.37. The standard InChI is InChI=1S/C14H9BrF3N3/c15-8-5-6-12-10(7-8)20-13(19)21(12)11-4-2-1-3-9(11)14(16,17)18/h1-7H,(H2,19,20). The molecular formula is C14H9BrF3N3. The zero-order valence-electron chi connectivity index (χ0n) is 10.5. The summed E-state index contributed by atoms with van der Waals surface area (Å²) in [6.45, 7) is 0. The maximum absolute atomic E-state index is 13.2. The number of alkyl halides is 3. The van der Waals surface area contributed by atoms with E-state index in [1.165, 1.54) is 22.8 Å². The highest BCUT2D eigenvalue weighted by molar-refractivity contribution is 9.10. The largest absolute Gasteiger partial charge is 0.418 e. The molecule has 1 heterocycles. The van der Waals surface area contributed by atoms with Gasteiger partial charge in [-0.25, -0.2) is 4.98 Å². The van der Waals surface area contributed by atoms with E-state index < -0.39 is 11.7 Å². The Labute approximate surface area is 126 Å². The van der Waals surface area contributed by atoms with Crippen LogP contribution in [0.5, 0.6) is 0 Å². The quantitative estimate of drug-likeness (QED) is 0.703. The minimum Gasteiger partial charge on any atom is -0.369 e. The maximum atomic E-state index is 13.2. The lowest BCUT2D eigenvalue weighted by atomic mass is 10.1. The van der Waals surface area contributed by atoms with Crippen molar-refractivity contribution >= 4 is 32.9 Å². The Morgan fingerprint density at radius 3 is 2.52 bits per heavy atom. The van der Waals surface area contributed by atoms with Crippen LogP contribution in [-0.4, -0.2) is 9.55 Å². The summed E-state index contributed by atoms with van der Waals surface area (Å²) in [5, 5.41) is 0. The van der Waals surface area contributed by atoms with Gasteiger partial charge in [0.2, 0.25) is 5.95 Å². The van der Waals surface area contributed by atoms with Crippen LogP contribution in [0, 0.1) is 0 Å². The second-order valence-electron chi connectivity index (χ2n) is 4.45. The molecule has 0 amide bonds. The number of rotatable bonds is 1. The molecule has 0 aliphatic heterocycles. The fourth-order valence-electron chi connectivity index (χ4n) is 2.23. The van der Waals surface area contributed by atoms with E-state index in [2.05, 4.69) is 20.9 Å². The summed E-state index contributed by atoms with van der Waals surface area (Å²) in [7, 11) is 0. The van der Waals surface area contributed by atoms with Crippen molar-refractivity contribution in [3.05, 3.63) is 52.5 Å². The van der Waals surface area contributed by atoms with Crippen LogP contribution in [0.25, 0.3) is 16.7 Å². The smallest absolute Gasteiger partial charge is 0.369 e. The lowest BCUT2D eigenvalue weighted by Gasteiger charge is -2.14. The highest BCUT2D eigenvalue weighted by Crippen LogP contribution is 2.36. The maximum Gasteiger partial charge on any atom is 0.418 e. The first kappa shape index (κ1) is 13.9. The monoisotopic (exact) mass is 355 g/mol. The second kappa shape index (κ2) is 4.77. The van der Waals surface area contributed by atoms with Crippen molar-refractivity contribution in [3.8, 4) is 5.69 Å². The van der Waals surface area contributed by atoms with Crippen LogP contribution in [0.1, 0.15) is 5.56 Å². The summed E-state index contributed by atoms with van der Waals surface area (Å²) in [5.41, 5.74) is 6.08. The van der Waals surface area contributed by atoms with Gasteiger partial charge < -0.3 is 5.73 Å². The summed E-state index contributed by atoms with van der Waals surface area (Å²) in [6, 6.07) is 10.4. The first-order valence-electron chi connectivity index (χ1n) is 5.98. The van der Waals surface area contributed by atoms with Crippen LogP contribution in [0.3, 0.4) is 0 Å². The Balaban J connectivity index is 2.34. The summed E-state index contributed by atoms with van der Waals surface area (Å²) in [6.07, 6.45) is -4.46. The number of fused-ring (bicyclic) bond motifs is 1. The third-order valence-electron chi connectivity index (χ3n) is 3.09. The molecule has 0 bridgehead atoms. The zero-order valence-corrected chi connectivity index (χ0v) is 12.1. The molecular weight excluding hydrogens is 347 g/mol. The molecule has 3 nitrogen and oxygen atoms in total. The summed E-state index contributed by atoms with van der Waals surface area (Å²) < 4.78 is 41.6. The Bertz CT molecular complexity index is 824. The fraction of sp³-hybridized carbons (Fsp3) is 0.0714. The van der Waals surface area contributed by atoms with E-state index >= 15 is 0 Å². The number of benzene rings is 2. The van der Waals surface area contributed by atoms with Gasteiger partial charge >= 0.3 is 6.18 Å². The average molecular weight is 356 g/mol. The molecule has 0 unspecified atom stereocenters. The molecule has 0 aliphatic carbocycles. The van der Waals surface area contributed by atoms with Crippen LogP contribution in [-0.2, 0) is 6.18 Å². The lowest BCUT2D eigenvalue weighted by Crippen LogP contribution is -2.12. The van der Waals surface area contributed by atoms with E-state index in [0.717, 1.165) is 10.5 Å². The predicted octanol–water partition coefficient (Wildman–Crippen LogP) is 4.39. The first-order valence-corrected chi connectivity index (χ1v) is 6.77. The number of nitrogen functional groups attached to an aromatic ring is 1. The number of anilines is 1. The first-order chi connectivity index (χ1) is 9.88. The van der Waals surface area contributed by atoms with Crippen molar-refractivity contribution in [2.45, 2.75) is 6.18 Å². The van der Waals surface area contributed by atoms with Crippen molar-refractivity contribution in [1.29, 1.82) is 0 Å². The zero-order chi connectivity index (χ0) is 15.2. The molecule has 0 atom stereocenters. The SMILES string of the molecule is Nc1nc2cc(Br)ccc2n1-c1ccccc1C(F)(F)F. The third kappa shape index (κ3) is 2.37. The Morgan fingerprint density at radius 1 is 1.10 bits per heavy atom. The molecule has 108 valence electrons. The lowest BCUT2D eigenvalue weighted by molar-refractivity contribution is -0.137. The Hall–Kier alpha value is -2.02. The van der Waals surface area contributed by atoms with Gasteiger partial charge in [-0.1, -0.05) is 28.1 Å². The van der Waals surface area contributed by atoms with Gasteiger partial charge in [-0.05, 0) is 30.3 Å². The predicted molar refractivity (Wildman–Crippen MR) is 78.2 cm³/mol. The molecule has 0 saturated heterocycles. The molecule has 3 rings (SSSR count). The molecule has 7 heteroatoms. The number of nitrogens with zero attached hydrogens (tertiary/aromatic N) is 2. The molecule has 0 aliphatic rings. The Kier molecular flexibility index (Phi) is 3.16. The van der Waals surface area contributed by atoms with Gasteiger partial charge in [0.25, 0.3) is 0 Å². The van der Waals surface area contributed by atoms with E-state index in [-0.39, 0.29) is 11.6 Å². The van der Waals surface area contributed by atoms with Crippen molar-refractivity contribution in [3.63, 3.8) is 0 Å². The minimum absolute atomic E-state index is 0.0137. The van der Waals surface area contributed by atoms with Gasteiger partial charge in [-0.2, -0.15) is 13.2 Å². The number of nitrogens with two attached hydrogens (primary N) is 1. The average Bonchev–Trinajstić information content (AvgIpc) is 2.72. The van der Waals surface area contributed by atoms with E-state index in [4.69, 9.17) is 5.73 Å². The highest BCUT2D eigenvalue weighted by atomic mass is 79.9. The van der Waals surface area contributed by atoms with E-state index in [1.54, 1.807) is 18.2 Å². The summed E-state index contributed by atoms with van der Waals surface area (Å²) in [5.74, 6) is 0.0137. The number of aromatic nitrogens is 2. The van der Waals surface area contributed by atoms with Crippen molar-refractivity contribution in [1.82, 2.24) is 9.55 Å². The molecule has 0 saturated carbocycles. The molecule has 1 aromatic heterocycles. The highest BCUT2D eigenvalue weighted by Gasteiger charge is 2.34. The van der Waals surface area contributed by atoms with Crippen LogP contribution >= 0.6 is 15.9 Å². The molecule has 2 N–H and O–H groups in total.